The molecular formula is C13H20ClNO5S. The first-order valence-corrected chi connectivity index (χ1v) is 8.42. The second-order valence-electron chi connectivity index (χ2n) is 4.23. The van der Waals surface area contributed by atoms with Gasteiger partial charge >= 0.3 is 0 Å². The second-order valence-corrected chi connectivity index (χ2v) is 6.71. The van der Waals surface area contributed by atoms with Crippen LogP contribution in [0.25, 0.3) is 0 Å². The molecule has 0 spiro atoms. The average molecular weight is 338 g/mol. The molecule has 1 aromatic carbocycles. The number of halogens is 1. The van der Waals surface area contributed by atoms with E-state index in [2.05, 4.69) is 0 Å². The van der Waals surface area contributed by atoms with Gasteiger partial charge in [-0.25, -0.2) is 8.42 Å². The molecule has 8 heteroatoms. The summed E-state index contributed by atoms with van der Waals surface area (Å²) < 4.78 is 39.4. The number of hydrogen-bond donors (Lipinski definition) is 1. The van der Waals surface area contributed by atoms with E-state index in [0.717, 1.165) is 0 Å². The summed E-state index contributed by atoms with van der Waals surface area (Å²) in [6.07, 6.45) is 0. The van der Waals surface area contributed by atoms with E-state index in [4.69, 9.17) is 31.5 Å². The van der Waals surface area contributed by atoms with E-state index in [1.807, 2.05) is 0 Å². The van der Waals surface area contributed by atoms with Crippen LogP contribution in [0, 0.1) is 0 Å². The van der Waals surface area contributed by atoms with Crippen molar-refractivity contribution in [3.63, 3.8) is 0 Å². The average Bonchev–Trinajstić information content (AvgIpc) is 2.44. The molecule has 1 aromatic rings. The molecule has 0 amide bonds. The lowest BCUT2D eigenvalue weighted by atomic mass is 10.3. The van der Waals surface area contributed by atoms with Crippen molar-refractivity contribution in [2.45, 2.75) is 4.90 Å². The second kappa shape index (κ2) is 9.22. The van der Waals surface area contributed by atoms with Gasteiger partial charge in [-0.05, 0) is 18.2 Å². The molecule has 2 N–H and O–H groups in total. The molecule has 0 saturated carbocycles. The summed E-state index contributed by atoms with van der Waals surface area (Å²) in [5.41, 5.74) is 5.93. The van der Waals surface area contributed by atoms with Crippen molar-refractivity contribution >= 4 is 27.1 Å². The summed E-state index contributed by atoms with van der Waals surface area (Å²) in [6.45, 7) is 1.78. The number of hydrogen-bond acceptors (Lipinski definition) is 6. The molecule has 21 heavy (non-hydrogen) atoms. The molecule has 0 bridgehead atoms. The fraction of sp³-hybridized carbons (Fsp3) is 0.538. The van der Waals surface area contributed by atoms with E-state index >= 15 is 0 Å². The van der Waals surface area contributed by atoms with Crippen molar-refractivity contribution < 1.29 is 22.6 Å². The van der Waals surface area contributed by atoms with Crippen LogP contribution >= 0.6 is 11.6 Å². The molecule has 0 saturated heterocycles. The van der Waals surface area contributed by atoms with Gasteiger partial charge in [0.05, 0.1) is 48.7 Å². The van der Waals surface area contributed by atoms with Gasteiger partial charge in [0.1, 0.15) is 0 Å². The molecule has 0 unspecified atom stereocenters. The summed E-state index contributed by atoms with van der Waals surface area (Å²) in [5, 5.41) is 0.159. The Morgan fingerprint density at radius 1 is 1.10 bits per heavy atom. The summed E-state index contributed by atoms with van der Waals surface area (Å²) in [4.78, 5) is 0.0316. The third kappa shape index (κ3) is 6.62. The van der Waals surface area contributed by atoms with E-state index < -0.39 is 9.84 Å². The van der Waals surface area contributed by atoms with Crippen molar-refractivity contribution in [2.24, 2.45) is 0 Å². The van der Waals surface area contributed by atoms with Crippen LogP contribution in [-0.2, 0) is 24.0 Å². The van der Waals surface area contributed by atoms with E-state index in [1.165, 1.54) is 12.1 Å². The number of ether oxygens (including phenoxy) is 3. The summed E-state index contributed by atoms with van der Waals surface area (Å²) in [5.74, 6) is -0.158. The third-order valence-corrected chi connectivity index (χ3v) is 4.74. The molecule has 0 aliphatic heterocycles. The van der Waals surface area contributed by atoms with Crippen LogP contribution in [0.4, 0.5) is 5.69 Å². The minimum atomic E-state index is -3.51. The molecule has 6 nitrogen and oxygen atoms in total. The van der Waals surface area contributed by atoms with Crippen LogP contribution in [0.15, 0.2) is 23.1 Å². The maximum Gasteiger partial charge on any atom is 0.182 e. The SMILES string of the molecule is COCCOCCOCCS(=O)(=O)c1cc(N)ccc1Cl. The highest BCUT2D eigenvalue weighted by Crippen LogP contribution is 2.24. The molecule has 0 aliphatic rings. The number of methoxy groups -OCH3 is 1. The maximum atomic E-state index is 12.1. The molecule has 0 radical (unpaired) electrons. The Labute approximate surface area is 130 Å². The normalized spacial score (nSPS) is 11.7. The molecule has 0 atom stereocenters. The van der Waals surface area contributed by atoms with Gasteiger partial charge < -0.3 is 19.9 Å². The Balaban J connectivity index is 2.35. The van der Waals surface area contributed by atoms with E-state index in [1.54, 1.807) is 13.2 Å². The van der Waals surface area contributed by atoms with Crippen LogP contribution in [-0.4, -0.2) is 54.3 Å². The Hall–Kier alpha value is -0.860. The van der Waals surface area contributed by atoms with E-state index in [0.29, 0.717) is 32.1 Å². The number of benzene rings is 1. The van der Waals surface area contributed by atoms with Crippen molar-refractivity contribution in [3.05, 3.63) is 23.2 Å². The van der Waals surface area contributed by atoms with E-state index in [9.17, 15) is 8.42 Å². The Bertz CT molecular complexity index is 535. The monoisotopic (exact) mass is 337 g/mol. The quantitative estimate of drug-likeness (QED) is 0.512. The lowest BCUT2D eigenvalue weighted by Gasteiger charge is -2.08. The number of rotatable bonds is 10. The highest BCUT2D eigenvalue weighted by molar-refractivity contribution is 7.91. The van der Waals surface area contributed by atoms with Crippen LogP contribution in [0.3, 0.4) is 0 Å². The summed E-state index contributed by atoms with van der Waals surface area (Å²) >= 11 is 5.88. The Morgan fingerprint density at radius 3 is 2.38 bits per heavy atom. The molecule has 1 rings (SSSR count). The summed E-state index contributed by atoms with van der Waals surface area (Å²) in [6, 6.07) is 4.37. The standard InChI is InChI=1S/C13H20ClNO5S/c1-18-4-5-19-6-7-20-8-9-21(16,17)13-10-11(15)2-3-12(13)14/h2-3,10H,4-9,15H2,1H3. The molecule has 0 aromatic heterocycles. The first-order chi connectivity index (χ1) is 9.97. The van der Waals surface area contributed by atoms with Gasteiger partial charge in [-0.2, -0.15) is 0 Å². The fourth-order valence-corrected chi connectivity index (χ4v) is 3.21. The molecule has 0 fully saturated rings. The Morgan fingerprint density at radius 2 is 1.71 bits per heavy atom. The minimum Gasteiger partial charge on any atom is -0.399 e. The predicted octanol–water partition coefficient (Wildman–Crippen LogP) is 1.38. The lowest BCUT2D eigenvalue weighted by Crippen LogP contribution is -2.15. The van der Waals surface area contributed by atoms with Gasteiger partial charge in [-0.1, -0.05) is 11.6 Å². The van der Waals surface area contributed by atoms with Crippen molar-refractivity contribution in [1.29, 1.82) is 0 Å². The number of sulfone groups is 1. The van der Waals surface area contributed by atoms with Gasteiger partial charge in [-0.3, -0.25) is 0 Å². The highest BCUT2D eigenvalue weighted by atomic mass is 35.5. The lowest BCUT2D eigenvalue weighted by molar-refractivity contribution is 0.0284. The van der Waals surface area contributed by atoms with Gasteiger partial charge in [0, 0.05) is 12.8 Å². The van der Waals surface area contributed by atoms with Gasteiger partial charge in [-0.15, -0.1) is 0 Å². The van der Waals surface area contributed by atoms with Crippen LogP contribution in [0.2, 0.25) is 5.02 Å². The predicted molar refractivity (Wildman–Crippen MR) is 81.4 cm³/mol. The van der Waals surface area contributed by atoms with Gasteiger partial charge in [0.25, 0.3) is 0 Å². The van der Waals surface area contributed by atoms with E-state index in [-0.39, 0.29) is 22.3 Å². The van der Waals surface area contributed by atoms with Crippen molar-refractivity contribution in [3.8, 4) is 0 Å². The zero-order chi connectivity index (χ0) is 15.7. The Kier molecular flexibility index (Phi) is 7.98. The van der Waals surface area contributed by atoms with Crippen LogP contribution in [0.1, 0.15) is 0 Å². The highest BCUT2D eigenvalue weighted by Gasteiger charge is 2.18. The minimum absolute atomic E-state index is 0.0316. The summed E-state index contributed by atoms with van der Waals surface area (Å²) in [7, 11) is -1.92. The first-order valence-electron chi connectivity index (χ1n) is 6.39. The zero-order valence-electron chi connectivity index (χ0n) is 11.9. The molecule has 0 aliphatic carbocycles. The molecule has 0 heterocycles. The topological polar surface area (TPSA) is 87.9 Å². The van der Waals surface area contributed by atoms with Gasteiger partial charge in [0.15, 0.2) is 9.84 Å². The zero-order valence-corrected chi connectivity index (χ0v) is 13.5. The van der Waals surface area contributed by atoms with Gasteiger partial charge in [0.2, 0.25) is 0 Å². The molecule has 120 valence electrons. The first kappa shape index (κ1) is 18.2. The largest absolute Gasteiger partial charge is 0.399 e. The van der Waals surface area contributed by atoms with Crippen molar-refractivity contribution in [2.75, 3.05) is 51.6 Å². The number of anilines is 1. The smallest absolute Gasteiger partial charge is 0.182 e. The number of nitrogens with two attached hydrogens (primary N) is 1. The number of nitrogen functional groups attached to an aromatic ring is 1. The fourth-order valence-electron chi connectivity index (χ4n) is 1.50. The van der Waals surface area contributed by atoms with Crippen molar-refractivity contribution in [1.82, 2.24) is 0 Å². The maximum absolute atomic E-state index is 12.1. The molecular weight excluding hydrogens is 318 g/mol. The van der Waals surface area contributed by atoms with Crippen LogP contribution in [0.5, 0.6) is 0 Å². The third-order valence-electron chi connectivity index (χ3n) is 2.59. The van der Waals surface area contributed by atoms with Crippen LogP contribution < -0.4 is 5.73 Å².